The number of benzene rings is 1. The average Bonchev–Trinajstić information content (AvgIpc) is 3.06. The molecule has 0 radical (unpaired) electrons. The van der Waals surface area contributed by atoms with Gasteiger partial charge in [-0.3, -0.25) is 14.1 Å². The fourth-order valence-electron chi connectivity index (χ4n) is 3.01. The normalized spacial score (nSPS) is 28.6. The van der Waals surface area contributed by atoms with Crippen molar-refractivity contribution in [1.29, 1.82) is 0 Å². The molecule has 1 amide bonds. The Hall–Kier alpha value is -1.13. The van der Waals surface area contributed by atoms with Crippen molar-refractivity contribution in [2.45, 2.75) is 37.9 Å². The van der Waals surface area contributed by atoms with E-state index in [1.807, 2.05) is 24.3 Å². The summed E-state index contributed by atoms with van der Waals surface area (Å²) in [6.45, 7) is 1.36. The minimum Gasteiger partial charge on any atom is -0.352 e. The van der Waals surface area contributed by atoms with Gasteiger partial charge in [-0.1, -0.05) is 23.7 Å². The second-order valence-corrected chi connectivity index (χ2v) is 6.46. The molecule has 2 aliphatic rings. The molecule has 0 bridgehead atoms. The Bertz CT molecular complexity index is 508. The Balaban J connectivity index is 1.57. The number of likely N-dealkylation sites (tertiary alicyclic amines) is 1. The van der Waals surface area contributed by atoms with Gasteiger partial charge in [0.1, 0.15) is 0 Å². The summed E-state index contributed by atoms with van der Waals surface area (Å²) in [5, 5.41) is 3.70. The fraction of sp³-hybridized carbons (Fsp3) is 0.562. The Kier molecular flexibility index (Phi) is 4.45. The van der Waals surface area contributed by atoms with E-state index in [-0.39, 0.29) is 30.6 Å². The van der Waals surface area contributed by atoms with Gasteiger partial charge in [0, 0.05) is 23.5 Å². The average molecular weight is 311 g/mol. The van der Waals surface area contributed by atoms with Gasteiger partial charge in [0.2, 0.25) is 5.91 Å². The summed E-state index contributed by atoms with van der Waals surface area (Å²) in [5.74, 6) is 0.0995. The highest BCUT2D eigenvalue weighted by atomic mass is 35.5. The molecular weight excluding hydrogens is 291 g/mol. The molecule has 1 unspecified atom stereocenters. The number of carbonyl (C=O) groups excluding carboxylic acids is 1. The fourth-order valence-corrected chi connectivity index (χ4v) is 3.14. The van der Waals surface area contributed by atoms with Crippen molar-refractivity contribution in [2.24, 2.45) is 5.92 Å². The molecule has 2 fully saturated rings. The van der Waals surface area contributed by atoms with Gasteiger partial charge in [-0.25, -0.2) is 0 Å². The molecule has 1 aromatic rings. The summed E-state index contributed by atoms with van der Waals surface area (Å²) in [6.07, 6.45) is 2.70. The van der Waals surface area contributed by atoms with Crippen molar-refractivity contribution < 1.29 is 9.18 Å². The molecule has 1 aliphatic carbocycles. The summed E-state index contributed by atoms with van der Waals surface area (Å²) >= 11 is 5.89. The van der Waals surface area contributed by atoms with Crippen LogP contribution in [0.3, 0.4) is 0 Å². The molecule has 0 aromatic heterocycles. The number of alkyl halides is 1. The largest absolute Gasteiger partial charge is 0.352 e. The number of hydrogen-bond acceptors (Lipinski definition) is 2. The number of halogens is 2. The van der Waals surface area contributed by atoms with Crippen LogP contribution in [0.15, 0.2) is 24.3 Å². The van der Waals surface area contributed by atoms with Gasteiger partial charge in [0.25, 0.3) is 0 Å². The minimum atomic E-state index is -0.329. The topological polar surface area (TPSA) is 32.3 Å². The highest BCUT2D eigenvalue weighted by Crippen LogP contribution is 2.31. The van der Waals surface area contributed by atoms with Crippen molar-refractivity contribution in [1.82, 2.24) is 10.2 Å². The van der Waals surface area contributed by atoms with Crippen molar-refractivity contribution in [3.05, 3.63) is 34.9 Å². The lowest BCUT2D eigenvalue weighted by Crippen LogP contribution is -2.44. The van der Waals surface area contributed by atoms with Gasteiger partial charge in [-0.05, 0) is 43.5 Å². The lowest BCUT2D eigenvalue weighted by Gasteiger charge is -2.23. The monoisotopic (exact) mass is 310 g/mol. The zero-order chi connectivity index (χ0) is 14.8. The Morgan fingerprint density at radius 3 is 2.81 bits per heavy atom. The standard InChI is InChI=1S/C16H20ClFN2O/c17-13-5-3-11(4-6-13)10-20-7-1-2-15(20)16(21)19-14-8-12(14)9-18/h3-6,12,14-15H,1-2,7-10H2,(H,19,21)/t12-,14+,15?/m0/s1. The maximum atomic E-state index is 12.5. The van der Waals surface area contributed by atoms with Gasteiger partial charge in [-0.2, -0.15) is 0 Å². The zero-order valence-corrected chi connectivity index (χ0v) is 12.7. The van der Waals surface area contributed by atoms with Crippen LogP contribution in [0.4, 0.5) is 4.39 Å². The number of hydrogen-bond donors (Lipinski definition) is 1. The Labute approximate surface area is 129 Å². The third kappa shape index (κ3) is 3.55. The maximum absolute atomic E-state index is 12.5. The van der Waals surface area contributed by atoms with E-state index in [1.165, 1.54) is 0 Å². The van der Waals surface area contributed by atoms with Crippen LogP contribution >= 0.6 is 11.6 Å². The van der Waals surface area contributed by atoms with E-state index < -0.39 is 0 Å². The predicted molar refractivity (Wildman–Crippen MR) is 80.9 cm³/mol. The molecule has 21 heavy (non-hydrogen) atoms. The first-order valence-corrected chi connectivity index (χ1v) is 7.90. The number of rotatable bonds is 5. The maximum Gasteiger partial charge on any atom is 0.237 e. The molecule has 1 N–H and O–H groups in total. The van der Waals surface area contributed by atoms with E-state index in [4.69, 9.17) is 11.6 Å². The highest BCUT2D eigenvalue weighted by molar-refractivity contribution is 6.30. The number of nitrogens with zero attached hydrogens (tertiary/aromatic N) is 1. The first kappa shape index (κ1) is 14.8. The zero-order valence-electron chi connectivity index (χ0n) is 11.9. The molecule has 114 valence electrons. The van der Waals surface area contributed by atoms with Crippen molar-refractivity contribution in [3.63, 3.8) is 0 Å². The van der Waals surface area contributed by atoms with Crippen molar-refractivity contribution in [2.75, 3.05) is 13.2 Å². The lowest BCUT2D eigenvalue weighted by atomic mass is 10.1. The van der Waals surface area contributed by atoms with Gasteiger partial charge in [0.15, 0.2) is 0 Å². The van der Waals surface area contributed by atoms with Crippen LogP contribution in [0.5, 0.6) is 0 Å². The highest BCUT2D eigenvalue weighted by Gasteiger charge is 2.40. The SMILES string of the molecule is O=C(N[C@@H]1C[C@H]1CF)C1CCCN1Cc1ccc(Cl)cc1. The van der Waals surface area contributed by atoms with Crippen LogP contribution in [-0.2, 0) is 11.3 Å². The molecule has 3 rings (SSSR count). The molecule has 3 atom stereocenters. The molecule has 1 aromatic carbocycles. The van der Waals surface area contributed by atoms with E-state index in [2.05, 4.69) is 10.2 Å². The second-order valence-electron chi connectivity index (χ2n) is 6.02. The van der Waals surface area contributed by atoms with E-state index in [0.717, 1.165) is 42.9 Å². The first-order valence-electron chi connectivity index (χ1n) is 7.52. The molecule has 0 spiro atoms. The lowest BCUT2D eigenvalue weighted by molar-refractivity contribution is -0.125. The summed E-state index contributed by atoms with van der Waals surface area (Å²) in [7, 11) is 0. The van der Waals surface area contributed by atoms with E-state index in [0.29, 0.717) is 0 Å². The predicted octanol–water partition coefficient (Wildman–Crippen LogP) is 2.78. The van der Waals surface area contributed by atoms with Crippen molar-refractivity contribution in [3.8, 4) is 0 Å². The van der Waals surface area contributed by atoms with Gasteiger partial charge in [0.05, 0.1) is 12.7 Å². The second kappa shape index (κ2) is 6.32. The minimum absolute atomic E-state index is 0.0417. The number of nitrogens with one attached hydrogen (secondary N) is 1. The molecule has 1 saturated carbocycles. The van der Waals surface area contributed by atoms with Crippen LogP contribution in [0.25, 0.3) is 0 Å². The molecule has 3 nitrogen and oxygen atoms in total. The van der Waals surface area contributed by atoms with Crippen LogP contribution in [0.2, 0.25) is 5.02 Å². The van der Waals surface area contributed by atoms with E-state index in [9.17, 15) is 9.18 Å². The molecular formula is C16H20ClFN2O. The van der Waals surface area contributed by atoms with Crippen LogP contribution in [-0.4, -0.2) is 36.1 Å². The van der Waals surface area contributed by atoms with Crippen LogP contribution in [0.1, 0.15) is 24.8 Å². The molecule has 1 aliphatic heterocycles. The van der Waals surface area contributed by atoms with Crippen molar-refractivity contribution >= 4 is 17.5 Å². The number of amides is 1. The van der Waals surface area contributed by atoms with Crippen LogP contribution < -0.4 is 5.32 Å². The summed E-state index contributed by atoms with van der Waals surface area (Å²) in [6, 6.07) is 7.71. The molecule has 1 heterocycles. The summed E-state index contributed by atoms with van der Waals surface area (Å²) < 4.78 is 12.5. The quantitative estimate of drug-likeness (QED) is 0.907. The third-order valence-electron chi connectivity index (χ3n) is 4.41. The van der Waals surface area contributed by atoms with Gasteiger partial charge >= 0.3 is 0 Å². The number of carbonyl (C=O) groups is 1. The first-order chi connectivity index (χ1) is 10.2. The third-order valence-corrected chi connectivity index (χ3v) is 4.67. The molecule has 5 heteroatoms. The van der Waals surface area contributed by atoms with Gasteiger partial charge in [-0.15, -0.1) is 0 Å². The molecule has 1 saturated heterocycles. The van der Waals surface area contributed by atoms with Crippen LogP contribution in [0, 0.1) is 5.92 Å². The van der Waals surface area contributed by atoms with E-state index in [1.54, 1.807) is 0 Å². The summed E-state index contributed by atoms with van der Waals surface area (Å²) in [4.78, 5) is 14.5. The smallest absolute Gasteiger partial charge is 0.237 e. The van der Waals surface area contributed by atoms with Gasteiger partial charge < -0.3 is 5.32 Å². The Morgan fingerprint density at radius 1 is 1.38 bits per heavy atom. The van der Waals surface area contributed by atoms with E-state index >= 15 is 0 Å². The Morgan fingerprint density at radius 2 is 2.14 bits per heavy atom. The summed E-state index contributed by atoms with van der Waals surface area (Å²) in [5.41, 5.74) is 1.16.